The first-order chi connectivity index (χ1) is 14.6. The average molecular weight is 421 g/mol. The molecule has 0 spiro atoms. The van der Waals surface area contributed by atoms with Crippen molar-refractivity contribution in [3.63, 3.8) is 0 Å². The second-order valence-electron chi connectivity index (χ2n) is 9.79. The molecule has 6 nitrogen and oxygen atoms in total. The Bertz CT molecular complexity index is 1050. The van der Waals surface area contributed by atoms with Crippen LogP contribution in [0.3, 0.4) is 0 Å². The van der Waals surface area contributed by atoms with Crippen molar-refractivity contribution in [2.24, 2.45) is 5.41 Å². The van der Waals surface area contributed by atoms with Gasteiger partial charge in [0.15, 0.2) is 0 Å². The van der Waals surface area contributed by atoms with Gasteiger partial charge in [-0.05, 0) is 30.2 Å². The van der Waals surface area contributed by atoms with Gasteiger partial charge in [-0.1, -0.05) is 64.0 Å². The monoisotopic (exact) mass is 420 g/mol. The molecule has 1 saturated heterocycles. The summed E-state index contributed by atoms with van der Waals surface area (Å²) >= 11 is 0. The van der Waals surface area contributed by atoms with Gasteiger partial charge in [0.2, 0.25) is 11.7 Å². The van der Waals surface area contributed by atoms with Crippen LogP contribution in [0.15, 0.2) is 47.2 Å². The predicted molar refractivity (Wildman–Crippen MR) is 121 cm³/mol. The summed E-state index contributed by atoms with van der Waals surface area (Å²) in [7, 11) is 2.07. The van der Waals surface area contributed by atoms with Crippen molar-refractivity contribution in [1.29, 1.82) is 0 Å². The number of aromatic nitrogens is 3. The van der Waals surface area contributed by atoms with E-state index in [2.05, 4.69) is 72.1 Å². The molecular formula is C25H32N4O2. The summed E-state index contributed by atoms with van der Waals surface area (Å²) in [5.41, 5.74) is 2.07. The maximum Gasteiger partial charge on any atom is 0.229 e. The van der Waals surface area contributed by atoms with Crippen LogP contribution in [0.2, 0.25) is 0 Å². The Balaban J connectivity index is 1.81. The Kier molecular flexibility index (Phi) is 5.48. The molecule has 1 atom stereocenters. The zero-order chi connectivity index (χ0) is 22.4. The SMILES string of the molecule is CC(C)c1ccc([C@](O)(c2cncc(-c3noc(C(C)C)n3)c2)C2(C)CN(C)C2)cc1. The molecule has 3 aromatic rings. The molecule has 0 bridgehead atoms. The second kappa shape index (κ2) is 7.84. The highest BCUT2D eigenvalue weighted by atomic mass is 16.5. The van der Waals surface area contributed by atoms with E-state index >= 15 is 0 Å². The van der Waals surface area contributed by atoms with Gasteiger partial charge in [0.1, 0.15) is 5.60 Å². The molecular weight excluding hydrogens is 388 g/mol. The van der Waals surface area contributed by atoms with E-state index in [1.165, 1.54) is 5.56 Å². The van der Waals surface area contributed by atoms with Crippen LogP contribution in [0.5, 0.6) is 0 Å². The Hall–Kier alpha value is -2.57. The van der Waals surface area contributed by atoms with Gasteiger partial charge in [-0.2, -0.15) is 4.98 Å². The van der Waals surface area contributed by atoms with Crippen LogP contribution in [-0.4, -0.2) is 45.3 Å². The van der Waals surface area contributed by atoms with Crippen molar-refractivity contribution in [2.45, 2.75) is 52.1 Å². The van der Waals surface area contributed by atoms with E-state index in [0.29, 0.717) is 17.6 Å². The van der Waals surface area contributed by atoms with Crippen molar-refractivity contribution < 1.29 is 9.63 Å². The van der Waals surface area contributed by atoms with Crippen LogP contribution in [0.25, 0.3) is 11.4 Å². The highest BCUT2D eigenvalue weighted by Gasteiger charge is 2.55. The van der Waals surface area contributed by atoms with Crippen molar-refractivity contribution in [3.05, 3.63) is 65.3 Å². The molecule has 3 heterocycles. The minimum Gasteiger partial charge on any atom is -0.380 e. The molecule has 0 radical (unpaired) electrons. The average Bonchev–Trinajstić information content (AvgIpc) is 3.23. The highest BCUT2D eigenvalue weighted by molar-refractivity contribution is 5.56. The maximum atomic E-state index is 12.3. The number of likely N-dealkylation sites (tertiary alicyclic amines) is 1. The van der Waals surface area contributed by atoms with Crippen LogP contribution in [-0.2, 0) is 5.60 Å². The van der Waals surface area contributed by atoms with Crippen LogP contribution < -0.4 is 0 Å². The van der Waals surface area contributed by atoms with Gasteiger partial charge in [-0.15, -0.1) is 0 Å². The molecule has 2 aromatic heterocycles. The largest absolute Gasteiger partial charge is 0.380 e. The van der Waals surface area contributed by atoms with Crippen molar-refractivity contribution in [3.8, 4) is 11.4 Å². The molecule has 0 amide bonds. The van der Waals surface area contributed by atoms with E-state index in [4.69, 9.17) is 4.52 Å². The van der Waals surface area contributed by atoms with Crippen LogP contribution in [0.4, 0.5) is 0 Å². The number of aliphatic hydroxyl groups is 1. The number of pyridine rings is 1. The summed E-state index contributed by atoms with van der Waals surface area (Å²) in [6.07, 6.45) is 3.48. The van der Waals surface area contributed by atoms with Gasteiger partial charge in [-0.25, -0.2) is 0 Å². The molecule has 1 aliphatic rings. The van der Waals surface area contributed by atoms with Gasteiger partial charge in [0, 0.05) is 47.9 Å². The molecule has 1 aromatic carbocycles. The summed E-state index contributed by atoms with van der Waals surface area (Å²) in [6.45, 7) is 12.1. The summed E-state index contributed by atoms with van der Waals surface area (Å²) in [6, 6.07) is 10.3. The first-order valence-corrected chi connectivity index (χ1v) is 10.9. The van der Waals surface area contributed by atoms with Crippen LogP contribution in [0, 0.1) is 5.41 Å². The van der Waals surface area contributed by atoms with Gasteiger partial charge < -0.3 is 14.5 Å². The Labute approximate surface area is 184 Å². The minimum absolute atomic E-state index is 0.151. The second-order valence-corrected chi connectivity index (χ2v) is 9.79. The summed E-state index contributed by atoms with van der Waals surface area (Å²) in [5.74, 6) is 1.67. The number of rotatable bonds is 6. The van der Waals surface area contributed by atoms with Crippen molar-refractivity contribution >= 4 is 0 Å². The highest BCUT2D eigenvalue weighted by Crippen LogP contribution is 2.50. The third-order valence-electron chi connectivity index (χ3n) is 6.46. The number of nitrogens with zero attached hydrogens (tertiary/aromatic N) is 4. The minimum atomic E-state index is -1.19. The molecule has 6 heteroatoms. The smallest absolute Gasteiger partial charge is 0.229 e. The molecule has 1 aliphatic heterocycles. The Morgan fingerprint density at radius 3 is 2.26 bits per heavy atom. The molecule has 0 unspecified atom stereocenters. The van der Waals surface area contributed by atoms with Gasteiger partial charge in [0.25, 0.3) is 0 Å². The lowest BCUT2D eigenvalue weighted by Crippen LogP contribution is -2.63. The molecule has 164 valence electrons. The van der Waals surface area contributed by atoms with E-state index in [9.17, 15) is 5.11 Å². The zero-order valence-corrected chi connectivity index (χ0v) is 19.3. The quantitative estimate of drug-likeness (QED) is 0.630. The fraction of sp³-hybridized carbons (Fsp3) is 0.480. The molecule has 4 rings (SSSR count). The molecule has 0 saturated carbocycles. The van der Waals surface area contributed by atoms with Crippen molar-refractivity contribution in [2.75, 3.05) is 20.1 Å². The normalized spacial score (nSPS) is 18.2. The topological polar surface area (TPSA) is 75.3 Å². The Morgan fingerprint density at radius 2 is 1.71 bits per heavy atom. The lowest BCUT2D eigenvalue weighted by atomic mass is 9.62. The third kappa shape index (κ3) is 3.68. The molecule has 0 aliphatic carbocycles. The van der Waals surface area contributed by atoms with Crippen LogP contribution >= 0.6 is 0 Å². The summed E-state index contributed by atoms with van der Waals surface area (Å²) in [5, 5.41) is 16.4. The predicted octanol–water partition coefficient (Wildman–Crippen LogP) is 4.57. The summed E-state index contributed by atoms with van der Waals surface area (Å²) in [4.78, 5) is 11.2. The fourth-order valence-electron chi connectivity index (χ4n) is 4.69. The molecule has 1 fully saturated rings. The van der Waals surface area contributed by atoms with E-state index < -0.39 is 5.60 Å². The number of hydrogen-bond acceptors (Lipinski definition) is 6. The molecule has 1 N–H and O–H groups in total. The van der Waals surface area contributed by atoms with Crippen LogP contribution in [0.1, 0.15) is 69.0 Å². The molecule has 31 heavy (non-hydrogen) atoms. The van der Waals surface area contributed by atoms with Gasteiger partial charge >= 0.3 is 0 Å². The standard InChI is InChI=1S/C25H32N4O2/c1-16(2)18-7-9-20(10-8-18)25(30,24(5)14-29(6)15-24)21-11-19(12-26-13-21)22-27-23(17(3)4)31-28-22/h7-13,16-17,30H,14-15H2,1-6H3/t25-/m0/s1. The fourth-order valence-corrected chi connectivity index (χ4v) is 4.69. The first-order valence-electron chi connectivity index (χ1n) is 10.9. The van der Waals surface area contributed by atoms with E-state index in [1.54, 1.807) is 12.4 Å². The number of hydrogen-bond donors (Lipinski definition) is 1. The van der Waals surface area contributed by atoms with E-state index in [-0.39, 0.29) is 11.3 Å². The Morgan fingerprint density at radius 1 is 1.03 bits per heavy atom. The lowest BCUT2D eigenvalue weighted by molar-refractivity contribution is -0.127. The van der Waals surface area contributed by atoms with Gasteiger partial charge in [-0.3, -0.25) is 4.98 Å². The maximum absolute atomic E-state index is 12.3. The zero-order valence-electron chi connectivity index (χ0n) is 19.3. The summed E-state index contributed by atoms with van der Waals surface area (Å²) < 4.78 is 5.38. The number of benzene rings is 1. The first kappa shape index (κ1) is 21.7. The van der Waals surface area contributed by atoms with E-state index in [1.807, 2.05) is 19.9 Å². The third-order valence-corrected chi connectivity index (χ3v) is 6.46. The van der Waals surface area contributed by atoms with Gasteiger partial charge in [0.05, 0.1) is 0 Å². The van der Waals surface area contributed by atoms with E-state index in [0.717, 1.165) is 29.8 Å². The van der Waals surface area contributed by atoms with Crippen molar-refractivity contribution in [1.82, 2.24) is 20.0 Å². The lowest BCUT2D eigenvalue weighted by Gasteiger charge is -2.55.